The third-order valence-corrected chi connectivity index (χ3v) is 2.71. The summed E-state index contributed by atoms with van der Waals surface area (Å²) in [7, 11) is 0. The summed E-state index contributed by atoms with van der Waals surface area (Å²) < 4.78 is 0. The lowest BCUT2D eigenvalue weighted by atomic mass is 10.4. The molecule has 1 heterocycles. The maximum absolute atomic E-state index is 4.28. The Balaban J connectivity index is 2.04. The Morgan fingerprint density at radius 1 is 1.43 bits per heavy atom. The molecular weight excluding hydrogens is 194 g/mol. The first-order valence-corrected chi connectivity index (χ1v) is 5.85. The second-order valence-corrected chi connectivity index (χ2v) is 4.97. The molecular formula is C10H19N3S. The lowest BCUT2D eigenvalue weighted by molar-refractivity contribution is 0.555. The van der Waals surface area contributed by atoms with Crippen LogP contribution in [0, 0.1) is 6.92 Å². The van der Waals surface area contributed by atoms with E-state index < -0.39 is 0 Å². The van der Waals surface area contributed by atoms with E-state index in [4.69, 9.17) is 0 Å². The van der Waals surface area contributed by atoms with Gasteiger partial charge in [-0.05, 0) is 6.92 Å². The minimum Gasteiger partial charge on any atom is -0.313 e. The minimum atomic E-state index is 0.568. The highest BCUT2D eigenvalue weighted by Crippen LogP contribution is 2.09. The molecule has 0 saturated heterocycles. The third kappa shape index (κ3) is 4.69. The molecule has 1 aromatic heterocycles. The normalized spacial score (nSPS) is 11.1. The second-order valence-electron chi connectivity index (χ2n) is 3.65. The van der Waals surface area contributed by atoms with Crippen LogP contribution in [-0.2, 0) is 6.54 Å². The van der Waals surface area contributed by atoms with E-state index in [1.165, 1.54) is 9.88 Å². The van der Waals surface area contributed by atoms with Gasteiger partial charge in [0.25, 0.3) is 0 Å². The van der Waals surface area contributed by atoms with Gasteiger partial charge in [0.15, 0.2) is 0 Å². The highest BCUT2D eigenvalue weighted by Gasteiger charge is 1.97. The predicted octanol–water partition coefficient (Wildman–Crippen LogP) is 1.54. The number of hydrogen-bond donors (Lipinski definition) is 2. The molecule has 0 atom stereocenters. The molecule has 0 aromatic carbocycles. The fourth-order valence-corrected chi connectivity index (χ4v) is 1.88. The van der Waals surface area contributed by atoms with Crippen molar-refractivity contribution in [2.45, 2.75) is 33.4 Å². The van der Waals surface area contributed by atoms with E-state index in [0.717, 1.165) is 19.6 Å². The van der Waals surface area contributed by atoms with Crippen molar-refractivity contribution in [2.24, 2.45) is 0 Å². The van der Waals surface area contributed by atoms with E-state index >= 15 is 0 Å². The van der Waals surface area contributed by atoms with Crippen LogP contribution in [0.5, 0.6) is 0 Å². The van der Waals surface area contributed by atoms with Crippen LogP contribution in [0.25, 0.3) is 0 Å². The molecule has 0 bridgehead atoms. The maximum Gasteiger partial charge on any atom is 0.107 e. The quantitative estimate of drug-likeness (QED) is 0.704. The van der Waals surface area contributed by atoms with Crippen molar-refractivity contribution < 1.29 is 0 Å². The summed E-state index contributed by atoms with van der Waals surface area (Å²) in [6, 6.07) is 0.568. The van der Waals surface area contributed by atoms with Gasteiger partial charge in [0.2, 0.25) is 0 Å². The van der Waals surface area contributed by atoms with Gasteiger partial charge in [-0.15, -0.1) is 11.3 Å². The average molecular weight is 213 g/mol. The van der Waals surface area contributed by atoms with Crippen molar-refractivity contribution >= 4 is 11.3 Å². The molecule has 0 saturated carbocycles. The summed E-state index contributed by atoms with van der Waals surface area (Å²) in [4.78, 5) is 5.56. The zero-order chi connectivity index (χ0) is 10.4. The summed E-state index contributed by atoms with van der Waals surface area (Å²) in [6.07, 6.45) is 1.92. The molecule has 0 amide bonds. The van der Waals surface area contributed by atoms with Gasteiger partial charge in [-0.3, -0.25) is 0 Å². The molecule has 0 radical (unpaired) electrons. The zero-order valence-corrected chi connectivity index (χ0v) is 9.95. The van der Waals surface area contributed by atoms with Gasteiger partial charge in [0.05, 0.1) is 0 Å². The van der Waals surface area contributed by atoms with Crippen LogP contribution < -0.4 is 10.6 Å². The first-order chi connectivity index (χ1) is 6.68. The Hall–Kier alpha value is -0.450. The Morgan fingerprint density at radius 3 is 2.79 bits per heavy atom. The third-order valence-electron chi connectivity index (χ3n) is 1.80. The molecule has 2 N–H and O–H groups in total. The fraction of sp³-hybridized carbons (Fsp3) is 0.700. The van der Waals surface area contributed by atoms with Crippen molar-refractivity contribution in [3.63, 3.8) is 0 Å². The van der Waals surface area contributed by atoms with Crippen LogP contribution in [0.15, 0.2) is 6.20 Å². The molecule has 1 aromatic rings. The number of nitrogens with zero attached hydrogens (tertiary/aromatic N) is 1. The topological polar surface area (TPSA) is 37.0 Å². The van der Waals surface area contributed by atoms with E-state index in [-0.39, 0.29) is 0 Å². The van der Waals surface area contributed by atoms with Gasteiger partial charge >= 0.3 is 0 Å². The summed E-state index contributed by atoms with van der Waals surface area (Å²) in [5.74, 6) is 0. The average Bonchev–Trinajstić information content (AvgIpc) is 2.50. The standard InChI is InChI=1S/C10H19N3S/c1-8(2)12-5-4-11-7-10-13-6-9(3)14-10/h6,8,11-12H,4-5,7H2,1-3H3. The molecule has 0 fully saturated rings. The van der Waals surface area contributed by atoms with Crippen LogP contribution in [-0.4, -0.2) is 24.1 Å². The first kappa shape index (κ1) is 11.6. The van der Waals surface area contributed by atoms with Crippen LogP contribution >= 0.6 is 11.3 Å². The Bertz CT molecular complexity index is 258. The van der Waals surface area contributed by atoms with Crippen molar-refractivity contribution in [3.05, 3.63) is 16.1 Å². The number of thiazole rings is 1. The van der Waals surface area contributed by atoms with Crippen molar-refractivity contribution in [2.75, 3.05) is 13.1 Å². The molecule has 0 aliphatic rings. The number of hydrogen-bond acceptors (Lipinski definition) is 4. The van der Waals surface area contributed by atoms with E-state index in [2.05, 4.69) is 36.4 Å². The molecule has 4 heteroatoms. The van der Waals surface area contributed by atoms with Gasteiger partial charge < -0.3 is 10.6 Å². The van der Waals surface area contributed by atoms with E-state index in [0.29, 0.717) is 6.04 Å². The summed E-state index contributed by atoms with van der Waals surface area (Å²) in [5.41, 5.74) is 0. The fourth-order valence-electron chi connectivity index (χ4n) is 1.13. The molecule has 3 nitrogen and oxygen atoms in total. The zero-order valence-electron chi connectivity index (χ0n) is 9.13. The Labute approximate surface area is 89.9 Å². The Morgan fingerprint density at radius 2 is 2.21 bits per heavy atom. The lowest BCUT2D eigenvalue weighted by Crippen LogP contribution is -2.31. The predicted molar refractivity (Wildman–Crippen MR) is 61.7 cm³/mol. The van der Waals surface area contributed by atoms with Crippen molar-refractivity contribution in [3.8, 4) is 0 Å². The summed E-state index contributed by atoms with van der Waals surface area (Å²) in [5, 5.41) is 7.89. The van der Waals surface area contributed by atoms with Crippen LogP contribution in [0.3, 0.4) is 0 Å². The van der Waals surface area contributed by atoms with Gasteiger partial charge in [0, 0.05) is 36.8 Å². The largest absolute Gasteiger partial charge is 0.313 e. The SMILES string of the molecule is Cc1cnc(CNCCNC(C)C)s1. The number of rotatable bonds is 6. The number of aromatic nitrogens is 1. The van der Waals surface area contributed by atoms with E-state index in [9.17, 15) is 0 Å². The Kier molecular flexibility index (Phi) is 5.07. The van der Waals surface area contributed by atoms with Gasteiger partial charge in [-0.25, -0.2) is 4.98 Å². The molecule has 14 heavy (non-hydrogen) atoms. The van der Waals surface area contributed by atoms with Gasteiger partial charge in [0.1, 0.15) is 5.01 Å². The lowest BCUT2D eigenvalue weighted by Gasteiger charge is -2.07. The highest BCUT2D eigenvalue weighted by molar-refractivity contribution is 7.11. The second kappa shape index (κ2) is 6.11. The molecule has 0 aliphatic heterocycles. The first-order valence-electron chi connectivity index (χ1n) is 5.04. The van der Waals surface area contributed by atoms with Gasteiger partial charge in [-0.2, -0.15) is 0 Å². The van der Waals surface area contributed by atoms with E-state index in [1.807, 2.05) is 6.20 Å². The maximum atomic E-state index is 4.28. The molecule has 0 aliphatic carbocycles. The minimum absolute atomic E-state index is 0.568. The monoisotopic (exact) mass is 213 g/mol. The highest BCUT2D eigenvalue weighted by atomic mass is 32.1. The summed E-state index contributed by atoms with van der Waals surface area (Å²) in [6.45, 7) is 9.30. The van der Waals surface area contributed by atoms with Crippen molar-refractivity contribution in [1.82, 2.24) is 15.6 Å². The van der Waals surface area contributed by atoms with Crippen LogP contribution in [0.4, 0.5) is 0 Å². The van der Waals surface area contributed by atoms with Gasteiger partial charge in [-0.1, -0.05) is 13.8 Å². The molecule has 1 rings (SSSR count). The number of aryl methyl sites for hydroxylation is 1. The summed E-state index contributed by atoms with van der Waals surface area (Å²) >= 11 is 1.76. The smallest absolute Gasteiger partial charge is 0.107 e. The van der Waals surface area contributed by atoms with Crippen LogP contribution in [0.2, 0.25) is 0 Å². The van der Waals surface area contributed by atoms with Crippen molar-refractivity contribution in [1.29, 1.82) is 0 Å². The van der Waals surface area contributed by atoms with E-state index in [1.54, 1.807) is 11.3 Å². The van der Waals surface area contributed by atoms with Crippen LogP contribution in [0.1, 0.15) is 23.7 Å². The molecule has 80 valence electrons. The molecule has 0 spiro atoms. The number of nitrogens with one attached hydrogen (secondary N) is 2. The molecule has 0 unspecified atom stereocenters.